The molecule has 5 aliphatic carbocycles. The lowest BCUT2D eigenvalue weighted by Gasteiger charge is -2.72. The summed E-state index contributed by atoms with van der Waals surface area (Å²) in [5, 5.41) is 15.3. The Labute approximate surface area is 338 Å². The first kappa shape index (κ1) is 49.7. The van der Waals surface area contributed by atoms with E-state index in [1.165, 1.54) is 56.1 Å². The van der Waals surface area contributed by atoms with Crippen molar-refractivity contribution < 1.29 is 23.5 Å². The maximum atomic E-state index is 11.9. The van der Waals surface area contributed by atoms with Crippen LogP contribution in [0.3, 0.4) is 0 Å². The Hall–Kier alpha value is -4.30. The summed E-state index contributed by atoms with van der Waals surface area (Å²) in [6.07, 6.45) is 49.6. The molecule has 4 saturated carbocycles. The number of nitrogens with one attached hydrogen (secondary N) is 2. The Balaban J connectivity index is 0.000000740. The van der Waals surface area contributed by atoms with Crippen molar-refractivity contribution in [1.29, 1.82) is 0 Å². The van der Waals surface area contributed by atoms with E-state index < -0.39 is 11.9 Å². The van der Waals surface area contributed by atoms with E-state index in [2.05, 4.69) is 109 Å². The molecule has 7 heteroatoms. The second-order valence-corrected chi connectivity index (χ2v) is 17.2. The van der Waals surface area contributed by atoms with Gasteiger partial charge in [-0.1, -0.05) is 65.3 Å². The van der Waals surface area contributed by atoms with Crippen LogP contribution in [0.25, 0.3) is 5.57 Å². The number of aromatic carboxylic acids is 1. The number of allylic oxidation sites excluding steroid dienone is 3. The van der Waals surface area contributed by atoms with Gasteiger partial charge in [0.15, 0.2) is 0 Å². The van der Waals surface area contributed by atoms with E-state index in [0.29, 0.717) is 46.6 Å². The number of amides is 1. The highest BCUT2D eigenvalue weighted by molar-refractivity contribution is 5.88. The molecule has 0 aromatic heterocycles. The maximum absolute atomic E-state index is 11.9. The minimum absolute atomic E-state index is 0.00694. The highest BCUT2D eigenvalue weighted by Gasteiger charge is 2.69. The molecule has 56 heavy (non-hydrogen) atoms. The molecule has 1 amide bonds. The van der Waals surface area contributed by atoms with Crippen LogP contribution in [-0.2, 0) is 4.79 Å². The molecule has 1 aromatic rings. The quantitative estimate of drug-likeness (QED) is 0.162. The lowest BCUT2D eigenvalue weighted by molar-refractivity contribution is -0.216. The summed E-state index contributed by atoms with van der Waals surface area (Å²) in [5.41, 5.74) is 3.94. The van der Waals surface area contributed by atoms with E-state index in [0.717, 1.165) is 25.7 Å². The van der Waals surface area contributed by atoms with Crippen LogP contribution in [0.4, 0.5) is 8.78 Å². The van der Waals surface area contributed by atoms with E-state index in [1.54, 1.807) is 18.2 Å². The summed E-state index contributed by atoms with van der Waals surface area (Å²) >= 11 is 0. The van der Waals surface area contributed by atoms with Crippen molar-refractivity contribution in [2.75, 3.05) is 13.1 Å². The maximum Gasteiger partial charge on any atom is 0.335 e. The van der Waals surface area contributed by atoms with Gasteiger partial charge < -0.3 is 15.7 Å². The average Bonchev–Trinajstić information content (AvgIpc) is 3.81. The molecule has 3 N–H and O–H groups in total. The van der Waals surface area contributed by atoms with Crippen LogP contribution >= 0.6 is 0 Å². The topological polar surface area (TPSA) is 78.4 Å². The first-order chi connectivity index (χ1) is 26.5. The Morgan fingerprint density at radius 2 is 1.41 bits per heavy atom. The fourth-order valence-electron chi connectivity index (χ4n) is 12.5. The third-order valence-corrected chi connectivity index (χ3v) is 14.8. The van der Waals surface area contributed by atoms with Crippen LogP contribution in [0.15, 0.2) is 43.0 Å². The Morgan fingerprint density at radius 1 is 0.821 bits per heavy atom. The number of carbonyl (C=O) groups is 2. The number of rotatable bonds is 4. The molecule has 3 unspecified atom stereocenters. The van der Waals surface area contributed by atoms with E-state index in [-0.39, 0.29) is 29.3 Å². The van der Waals surface area contributed by atoms with Crippen molar-refractivity contribution in [3.63, 3.8) is 0 Å². The van der Waals surface area contributed by atoms with Gasteiger partial charge in [0.2, 0.25) is 6.41 Å². The molecule has 306 valence electrons. The van der Waals surface area contributed by atoms with Gasteiger partial charge >= 0.3 is 5.97 Å². The molecule has 7 rings (SSSR count). The van der Waals surface area contributed by atoms with Crippen molar-refractivity contribution in [3.05, 3.63) is 54.1 Å². The zero-order valence-corrected chi connectivity index (χ0v) is 34.9. The van der Waals surface area contributed by atoms with Crippen molar-refractivity contribution in [2.24, 2.45) is 45.3 Å². The zero-order chi connectivity index (χ0) is 43.2. The van der Waals surface area contributed by atoms with Crippen LogP contribution in [0.5, 0.6) is 0 Å². The average molecular weight is 771 g/mol. The second-order valence-electron chi connectivity index (χ2n) is 17.2. The molecule has 1 saturated heterocycles. The van der Waals surface area contributed by atoms with E-state index in [9.17, 15) is 23.5 Å². The summed E-state index contributed by atoms with van der Waals surface area (Å²) in [7, 11) is 0. The van der Waals surface area contributed by atoms with Gasteiger partial charge in [-0.25, -0.2) is 13.6 Å². The minimum atomic E-state index is -2.42. The molecule has 5 fully saturated rings. The van der Waals surface area contributed by atoms with Gasteiger partial charge in [0.05, 0.1) is 12.1 Å². The molecule has 1 aliphatic heterocycles. The summed E-state index contributed by atoms with van der Waals surface area (Å²) in [5.74, 6) is -0.621. The van der Waals surface area contributed by atoms with Gasteiger partial charge in [-0.15, -0.1) is 58.0 Å². The fourth-order valence-corrected chi connectivity index (χ4v) is 12.5. The molecule has 5 nitrogen and oxygen atoms in total. The first-order valence-electron chi connectivity index (χ1n) is 19.8. The van der Waals surface area contributed by atoms with Gasteiger partial charge in [0, 0.05) is 18.5 Å². The Bertz CT molecular complexity index is 1540. The van der Waals surface area contributed by atoms with Crippen molar-refractivity contribution in [1.82, 2.24) is 10.6 Å². The fraction of sp³-hybridized carbons (Fsp3) is 0.592. The lowest BCUT2D eigenvalue weighted by Crippen LogP contribution is -2.67. The molecule has 1 aromatic carbocycles. The van der Waals surface area contributed by atoms with Gasteiger partial charge in [0.25, 0.3) is 5.92 Å². The third kappa shape index (κ3) is 9.28. The molecular formula is C49H68F2N2O3. The molecule has 6 aliphatic rings. The standard InChI is InChI=1S/C34H47NO3.C4H7F2N.C3H6.4C2H2/c1-30(2)24(22-8-10-23(11-9-22)29(37)38)14-17-31(3)27(30)15-18-33(5)28(31)13-12-25-26-7-6-16-34(26,35-21-36)20-19-32(25,33)4;5-4(6)1-2-7-3-4;1-3-2;4*1-2/h8-11,14,21,25-28H,6-7,12-13,15-20H2,1-5H3,(H,35,36)(H,37,38);7H,1-3H2;3H,1H2,2H3;4*1-2H/t25-,26?,27?,28?,31+,32-,33-,34+;;;;;;/m1....../s1. The highest BCUT2D eigenvalue weighted by atomic mass is 19.3. The predicted molar refractivity (Wildman–Crippen MR) is 229 cm³/mol. The number of hydrogen-bond acceptors (Lipinski definition) is 3. The van der Waals surface area contributed by atoms with E-state index in [4.69, 9.17) is 0 Å². The number of alkyl halides is 2. The third-order valence-electron chi connectivity index (χ3n) is 14.8. The van der Waals surface area contributed by atoms with E-state index >= 15 is 0 Å². The van der Waals surface area contributed by atoms with Crippen LogP contribution in [0.1, 0.15) is 128 Å². The molecule has 0 spiro atoms. The van der Waals surface area contributed by atoms with Crippen molar-refractivity contribution >= 4 is 18.0 Å². The number of carboxylic acids is 1. The van der Waals surface area contributed by atoms with Crippen LogP contribution < -0.4 is 10.6 Å². The molecule has 0 bridgehead atoms. The molecular weight excluding hydrogens is 703 g/mol. The lowest BCUT2D eigenvalue weighted by atomic mass is 9.33. The predicted octanol–water partition coefficient (Wildman–Crippen LogP) is 10.5. The van der Waals surface area contributed by atoms with Crippen LogP contribution in [-0.4, -0.2) is 42.0 Å². The van der Waals surface area contributed by atoms with Crippen LogP contribution in [0, 0.1) is 96.7 Å². The SMILES string of the molecule is C#C.C#C.C#C.C#C.C=CC.CC1(C)C(c2ccc(C(=O)O)cc2)=CC[C@@]2(C)C1CC[C@]1(C)C2CC[C@@H]2C3CCC[C@]3(NC=O)CC[C@]21C.FC1(F)CCNC1. The number of carboxylic acid groups (broad SMARTS) is 1. The molecule has 8 atom stereocenters. The number of fused-ring (bicyclic) bond motifs is 7. The smallest absolute Gasteiger partial charge is 0.335 e. The number of benzene rings is 1. The summed E-state index contributed by atoms with van der Waals surface area (Å²) in [4.78, 5) is 23.0. The summed E-state index contributed by atoms with van der Waals surface area (Å²) in [6, 6.07) is 7.55. The normalized spacial score (nSPS) is 34.5. The van der Waals surface area contributed by atoms with Gasteiger partial charge in [-0.2, -0.15) is 0 Å². The van der Waals surface area contributed by atoms with Gasteiger partial charge in [-0.05, 0) is 133 Å². The van der Waals surface area contributed by atoms with Crippen LogP contribution in [0.2, 0.25) is 0 Å². The Morgan fingerprint density at radius 3 is 1.89 bits per heavy atom. The number of hydrogen-bond donors (Lipinski definition) is 3. The largest absolute Gasteiger partial charge is 0.478 e. The summed E-state index contributed by atoms with van der Waals surface area (Å²) in [6.45, 7) is 18.4. The number of terminal acetylenes is 4. The zero-order valence-electron chi connectivity index (χ0n) is 34.9. The molecule has 0 radical (unpaired) electrons. The van der Waals surface area contributed by atoms with Crippen molar-refractivity contribution in [2.45, 2.75) is 124 Å². The number of carbonyl (C=O) groups excluding carboxylic acids is 1. The van der Waals surface area contributed by atoms with Gasteiger partial charge in [0.1, 0.15) is 0 Å². The van der Waals surface area contributed by atoms with Gasteiger partial charge in [-0.3, -0.25) is 4.79 Å². The highest BCUT2D eigenvalue weighted by Crippen LogP contribution is 2.76. The molecule has 1 heterocycles. The summed E-state index contributed by atoms with van der Waals surface area (Å²) < 4.78 is 23.8. The second kappa shape index (κ2) is 20.7. The number of halogens is 2. The van der Waals surface area contributed by atoms with Crippen molar-refractivity contribution in [3.8, 4) is 51.4 Å². The monoisotopic (exact) mass is 771 g/mol. The van der Waals surface area contributed by atoms with E-state index in [1.807, 2.05) is 19.1 Å². The Kier molecular flexibility index (Phi) is 18.4. The minimum Gasteiger partial charge on any atom is -0.478 e. The first-order valence-corrected chi connectivity index (χ1v) is 19.8.